The van der Waals surface area contributed by atoms with E-state index in [1.807, 2.05) is 0 Å². The summed E-state index contributed by atoms with van der Waals surface area (Å²) in [4.78, 5) is 10.5. The van der Waals surface area contributed by atoms with Crippen molar-refractivity contribution < 1.29 is 27.5 Å². The van der Waals surface area contributed by atoms with E-state index < -0.39 is 30.4 Å². The second-order valence-electron chi connectivity index (χ2n) is 3.80. The first-order chi connectivity index (χ1) is 8.71. The van der Waals surface area contributed by atoms with Gasteiger partial charge in [-0.05, 0) is 18.2 Å². The zero-order valence-electron chi connectivity index (χ0n) is 9.47. The van der Waals surface area contributed by atoms with Crippen molar-refractivity contribution >= 4 is 21.9 Å². The summed E-state index contributed by atoms with van der Waals surface area (Å²) < 4.78 is 50.9. The van der Waals surface area contributed by atoms with Crippen molar-refractivity contribution in [1.29, 1.82) is 0 Å². The topological polar surface area (TPSA) is 49.3 Å². The summed E-state index contributed by atoms with van der Waals surface area (Å²) in [5.41, 5.74) is 0.153. The molecular formula is C11H10BrF4NO2. The van der Waals surface area contributed by atoms with Crippen LogP contribution in [0, 0.1) is 11.7 Å². The van der Waals surface area contributed by atoms with E-state index in [1.165, 1.54) is 18.2 Å². The average Bonchev–Trinajstić information content (AvgIpc) is 2.26. The van der Waals surface area contributed by atoms with E-state index in [2.05, 4.69) is 21.2 Å². The Labute approximate surface area is 114 Å². The zero-order chi connectivity index (χ0) is 14.6. The molecule has 1 aromatic rings. The number of benzene rings is 1. The van der Waals surface area contributed by atoms with Crippen molar-refractivity contribution in [2.75, 3.05) is 6.54 Å². The van der Waals surface area contributed by atoms with Gasteiger partial charge in [0.15, 0.2) is 5.92 Å². The van der Waals surface area contributed by atoms with Crippen LogP contribution in [0.4, 0.5) is 17.6 Å². The highest BCUT2D eigenvalue weighted by atomic mass is 79.9. The number of alkyl halides is 3. The fourth-order valence-corrected chi connectivity index (χ4v) is 1.78. The lowest BCUT2D eigenvalue weighted by Gasteiger charge is -2.16. The predicted octanol–water partition coefficient (Wildman–Crippen LogP) is 2.94. The minimum atomic E-state index is -4.84. The molecule has 0 bridgehead atoms. The zero-order valence-corrected chi connectivity index (χ0v) is 11.1. The maximum Gasteiger partial charge on any atom is 0.403 e. The number of rotatable bonds is 5. The molecular weight excluding hydrogens is 334 g/mol. The Morgan fingerprint density at radius 1 is 1.42 bits per heavy atom. The van der Waals surface area contributed by atoms with Crippen LogP contribution in [0.25, 0.3) is 0 Å². The Morgan fingerprint density at radius 2 is 2.05 bits per heavy atom. The van der Waals surface area contributed by atoms with Crippen molar-refractivity contribution in [2.24, 2.45) is 5.92 Å². The fourth-order valence-electron chi connectivity index (χ4n) is 1.37. The Bertz CT molecular complexity index is 464. The molecule has 0 aliphatic heterocycles. The highest BCUT2D eigenvalue weighted by Crippen LogP contribution is 2.26. The maximum atomic E-state index is 13.3. The van der Waals surface area contributed by atoms with Crippen LogP contribution >= 0.6 is 15.9 Å². The highest BCUT2D eigenvalue weighted by molar-refractivity contribution is 9.10. The lowest BCUT2D eigenvalue weighted by Crippen LogP contribution is -2.39. The lowest BCUT2D eigenvalue weighted by atomic mass is 10.1. The molecule has 1 atom stereocenters. The van der Waals surface area contributed by atoms with Gasteiger partial charge in [0.1, 0.15) is 5.82 Å². The van der Waals surface area contributed by atoms with Gasteiger partial charge in [-0.3, -0.25) is 4.79 Å². The van der Waals surface area contributed by atoms with Crippen LogP contribution in [0.5, 0.6) is 0 Å². The molecule has 0 saturated heterocycles. The number of halogens is 5. The highest BCUT2D eigenvalue weighted by Gasteiger charge is 2.44. The van der Waals surface area contributed by atoms with Crippen LogP contribution in [0.1, 0.15) is 5.56 Å². The molecule has 0 aliphatic carbocycles. The van der Waals surface area contributed by atoms with Crippen LogP contribution in [-0.4, -0.2) is 23.8 Å². The van der Waals surface area contributed by atoms with E-state index in [9.17, 15) is 22.4 Å². The second kappa shape index (κ2) is 6.33. The summed E-state index contributed by atoms with van der Waals surface area (Å²) in [5.74, 6) is -5.05. The third-order valence-electron chi connectivity index (χ3n) is 2.36. The Hall–Kier alpha value is -1.15. The van der Waals surface area contributed by atoms with Gasteiger partial charge in [-0.2, -0.15) is 13.2 Å². The number of carboxylic acid groups (broad SMARTS) is 1. The van der Waals surface area contributed by atoms with E-state index in [-0.39, 0.29) is 12.1 Å². The molecule has 0 aromatic heterocycles. The van der Waals surface area contributed by atoms with Gasteiger partial charge in [-0.1, -0.05) is 15.9 Å². The third kappa shape index (κ3) is 4.79. The molecule has 0 radical (unpaired) electrons. The molecule has 106 valence electrons. The molecule has 0 aliphatic rings. The van der Waals surface area contributed by atoms with Crippen LogP contribution in [0.2, 0.25) is 0 Å². The molecule has 0 heterocycles. The van der Waals surface area contributed by atoms with Crippen molar-refractivity contribution in [1.82, 2.24) is 5.32 Å². The maximum absolute atomic E-state index is 13.3. The van der Waals surface area contributed by atoms with Crippen LogP contribution < -0.4 is 5.32 Å². The molecule has 1 aromatic carbocycles. The molecule has 2 N–H and O–H groups in total. The van der Waals surface area contributed by atoms with E-state index in [0.717, 1.165) is 0 Å². The first-order valence-corrected chi connectivity index (χ1v) is 5.95. The first kappa shape index (κ1) is 15.9. The van der Waals surface area contributed by atoms with Gasteiger partial charge in [-0.15, -0.1) is 0 Å². The van der Waals surface area contributed by atoms with E-state index in [1.54, 1.807) is 0 Å². The normalized spacial score (nSPS) is 13.3. The van der Waals surface area contributed by atoms with Gasteiger partial charge in [0.05, 0.1) is 0 Å². The van der Waals surface area contributed by atoms with Crippen LogP contribution in [-0.2, 0) is 11.3 Å². The van der Waals surface area contributed by atoms with Crippen molar-refractivity contribution in [3.8, 4) is 0 Å². The number of hydrogen-bond donors (Lipinski definition) is 2. The standard InChI is InChI=1S/C11H10BrF4NO2/c12-7-1-2-9(13)6(3-7)4-17-5-8(10(18)19)11(14,15)16/h1-3,8,17H,4-5H2,(H,18,19). The van der Waals surface area contributed by atoms with Crippen molar-refractivity contribution in [3.63, 3.8) is 0 Å². The molecule has 0 saturated carbocycles. The summed E-state index contributed by atoms with van der Waals surface area (Å²) in [6.07, 6.45) is -4.84. The van der Waals surface area contributed by atoms with Gasteiger partial charge < -0.3 is 10.4 Å². The van der Waals surface area contributed by atoms with Gasteiger partial charge in [-0.25, -0.2) is 4.39 Å². The predicted molar refractivity (Wildman–Crippen MR) is 63.0 cm³/mol. The number of aliphatic carboxylic acids is 1. The molecule has 0 spiro atoms. The lowest BCUT2D eigenvalue weighted by molar-refractivity contribution is -0.192. The smallest absolute Gasteiger partial charge is 0.403 e. The third-order valence-corrected chi connectivity index (χ3v) is 2.86. The number of carbonyl (C=O) groups is 1. The fraction of sp³-hybridized carbons (Fsp3) is 0.364. The number of carboxylic acids is 1. The summed E-state index contributed by atoms with van der Waals surface area (Å²) in [6.45, 7) is -1.00. The average molecular weight is 344 g/mol. The SMILES string of the molecule is O=C(O)C(CNCc1cc(Br)ccc1F)C(F)(F)F. The molecule has 19 heavy (non-hydrogen) atoms. The van der Waals surface area contributed by atoms with Crippen molar-refractivity contribution in [2.45, 2.75) is 12.7 Å². The summed E-state index contributed by atoms with van der Waals surface area (Å²) in [5, 5.41) is 10.8. The molecule has 1 unspecified atom stereocenters. The Morgan fingerprint density at radius 3 is 2.58 bits per heavy atom. The quantitative estimate of drug-likeness (QED) is 0.808. The number of hydrogen-bond acceptors (Lipinski definition) is 2. The van der Waals surface area contributed by atoms with E-state index in [4.69, 9.17) is 5.11 Å². The summed E-state index contributed by atoms with van der Waals surface area (Å²) in [6, 6.07) is 4.03. The molecule has 3 nitrogen and oxygen atoms in total. The van der Waals surface area contributed by atoms with Gasteiger partial charge >= 0.3 is 12.1 Å². The molecule has 0 fully saturated rings. The first-order valence-electron chi connectivity index (χ1n) is 5.16. The summed E-state index contributed by atoms with van der Waals surface area (Å²) >= 11 is 3.10. The molecule has 1 rings (SSSR count). The van der Waals surface area contributed by atoms with Crippen LogP contribution in [0.3, 0.4) is 0 Å². The van der Waals surface area contributed by atoms with Gasteiger partial charge in [0.25, 0.3) is 0 Å². The minimum absolute atomic E-state index is 0.153. The van der Waals surface area contributed by atoms with E-state index >= 15 is 0 Å². The Balaban J connectivity index is 2.62. The number of nitrogens with one attached hydrogen (secondary N) is 1. The van der Waals surface area contributed by atoms with Crippen LogP contribution in [0.15, 0.2) is 22.7 Å². The second-order valence-corrected chi connectivity index (χ2v) is 4.71. The molecule has 8 heteroatoms. The molecule has 0 amide bonds. The summed E-state index contributed by atoms with van der Waals surface area (Å²) in [7, 11) is 0. The monoisotopic (exact) mass is 343 g/mol. The largest absolute Gasteiger partial charge is 0.481 e. The minimum Gasteiger partial charge on any atom is -0.481 e. The van der Waals surface area contributed by atoms with Crippen molar-refractivity contribution in [3.05, 3.63) is 34.1 Å². The Kier molecular flexibility index (Phi) is 5.30. The van der Waals surface area contributed by atoms with E-state index in [0.29, 0.717) is 4.47 Å². The van der Waals surface area contributed by atoms with Gasteiger partial charge in [0.2, 0.25) is 0 Å². The van der Waals surface area contributed by atoms with Gasteiger partial charge in [0, 0.05) is 23.1 Å².